The number of aromatic nitrogens is 2. The van der Waals surface area contributed by atoms with Crippen LogP contribution in [-0.2, 0) is 4.79 Å². The van der Waals surface area contributed by atoms with Gasteiger partial charge < -0.3 is 10.1 Å². The van der Waals surface area contributed by atoms with Gasteiger partial charge in [0, 0.05) is 6.08 Å². The zero-order valence-corrected chi connectivity index (χ0v) is 14.7. The Morgan fingerprint density at radius 3 is 2.33 bits per heavy atom. The lowest BCUT2D eigenvalue weighted by Crippen LogP contribution is -2.10. The summed E-state index contributed by atoms with van der Waals surface area (Å²) in [6.45, 7) is 0. The summed E-state index contributed by atoms with van der Waals surface area (Å²) in [7, 11) is 1.56. The fourth-order valence-corrected chi connectivity index (χ4v) is 2.86. The molecule has 0 spiro atoms. The first-order valence-electron chi connectivity index (χ1n) is 8.52. The van der Waals surface area contributed by atoms with Crippen LogP contribution in [0.25, 0.3) is 28.1 Å². The highest BCUT2D eigenvalue weighted by Gasteiger charge is 2.13. The van der Waals surface area contributed by atoms with Crippen LogP contribution in [0.1, 0.15) is 5.56 Å². The number of hydrogen-bond acceptors (Lipinski definition) is 4. The van der Waals surface area contributed by atoms with Gasteiger partial charge in [-0.1, -0.05) is 42.5 Å². The lowest BCUT2D eigenvalue weighted by atomic mass is 10.2. The quantitative estimate of drug-likeness (QED) is 0.434. The number of anilines is 1. The second-order valence-electron chi connectivity index (χ2n) is 5.96. The Morgan fingerprint density at radius 2 is 1.59 bits per heavy atom. The monoisotopic (exact) mass is 355 g/mol. The van der Waals surface area contributed by atoms with Gasteiger partial charge in [-0.2, -0.15) is 0 Å². The zero-order chi connectivity index (χ0) is 18.6. The highest BCUT2D eigenvalue weighted by atomic mass is 16.5. The number of amides is 1. The lowest BCUT2D eigenvalue weighted by Gasteiger charge is -2.12. The molecule has 0 aliphatic heterocycles. The standard InChI is InChI=1S/C22H17N3O2/c1-27-19-13-12-18-21(24-17-10-6-5-9-16(17)23-18)22(19)25-20(26)14-11-15-7-3-2-4-8-15/h2-14H,1H3,(H,25,26). The van der Waals surface area contributed by atoms with Crippen molar-refractivity contribution < 1.29 is 9.53 Å². The minimum atomic E-state index is -0.264. The third-order valence-corrected chi connectivity index (χ3v) is 4.17. The van der Waals surface area contributed by atoms with E-state index >= 15 is 0 Å². The summed E-state index contributed by atoms with van der Waals surface area (Å²) in [6, 6.07) is 20.9. The average molecular weight is 355 g/mol. The first-order valence-corrected chi connectivity index (χ1v) is 8.52. The molecule has 132 valence electrons. The van der Waals surface area contributed by atoms with Crippen LogP contribution in [0, 0.1) is 0 Å². The van der Waals surface area contributed by atoms with Gasteiger partial charge in [0.1, 0.15) is 17.0 Å². The molecular formula is C22H17N3O2. The Labute approximate surface area is 156 Å². The highest BCUT2D eigenvalue weighted by Crippen LogP contribution is 2.32. The molecule has 0 aliphatic rings. The fourth-order valence-electron chi connectivity index (χ4n) is 2.86. The summed E-state index contributed by atoms with van der Waals surface area (Å²) in [6.07, 6.45) is 3.25. The third kappa shape index (κ3) is 3.48. The van der Waals surface area contributed by atoms with Gasteiger partial charge in [0.2, 0.25) is 5.91 Å². The molecule has 4 rings (SSSR count). The Hall–Kier alpha value is -3.73. The van der Waals surface area contributed by atoms with Crippen LogP contribution in [0.15, 0.2) is 72.8 Å². The van der Waals surface area contributed by atoms with E-state index in [0.29, 0.717) is 22.5 Å². The van der Waals surface area contributed by atoms with E-state index in [1.54, 1.807) is 19.3 Å². The molecule has 0 bridgehead atoms. The Bertz CT molecular complexity index is 1150. The molecule has 1 aromatic heterocycles. The van der Waals surface area contributed by atoms with Crippen LogP contribution in [0.3, 0.4) is 0 Å². The summed E-state index contributed by atoms with van der Waals surface area (Å²) in [5.74, 6) is 0.271. The van der Waals surface area contributed by atoms with Gasteiger partial charge in [-0.3, -0.25) is 4.79 Å². The SMILES string of the molecule is COc1ccc2nc3ccccc3nc2c1NC(=O)C=Cc1ccccc1. The normalized spacial score (nSPS) is 11.1. The molecule has 1 amide bonds. The number of carbonyl (C=O) groups excluding carboxylic acids is 1. The van der Waals surface area contributed by atoms with Gasteiger partial charge in [0.25, 0.3) is 0 Å². The van der Waals surface area contributed by atoms with Crippen molar-refractivity contribution in [2.45, 2.75) is 0 Å². The molecule has 0 unspecified atom stereocenters. The highest BCUT2D eigenvalue weighted by molar-refractivity contribution is 6.08. The van der Waals surface area contributed by atoms with Gasteiger partial charge >= 0.3 is 0 Å². The summed E-state index contributed by atoms with van der Waals surface area (Å²) in [4.78, 5) is 21.8. The maximum absolute atomic E-state index is 12.5. The predicted octanol–water partition coefficient (Wildman–Crippen LogP) is 4.44. The summed E-state index contributed by atoms with van der Waals surface area (Å²) < 4.78 is 5.42. The van der Waals surface area contributed by atoms with Crippen molar-refractivity contribution in [3.8, 4) is 5.75 Å². The molecule has 0 saturated carbocycles. The molecule has 0 saturated heterocycles. The van der Waals surface area contributed by atoms with E-state index in [1.807, 2.05) is 60.7 Å². The molecule has 0 atom stereocenters. The van der Waals surface area contributed by atoms with Gasteiger partial charge in [0.05, 0.1) is 23.7 Å². The van der Waals surface area contributed by atoms with Crippen molar-refractivity contribution in [3.63, 3.8) is 0 Å². The molecule has 5 heteroatoms. The molecule has 0 radical (unpaired) electrons. The summed E-state index contributed by atoms with van der Waals surface area (Å²) in [5.41, 5.74) is 4.30. The molecular weight excluding hydrogens is 338 g/mol. The van der Waals surface area contributed by atoms with Gasteiger partial charge in [-0.15, -0.1) is 0 Å². The number of fused-ring (bicyclic) bond motifs is 2. The average Bonchev–Trinajstić information content (AvgIpc) is 2.72. The van der Waals surface area contributed by atoms with E-state index in [-0.39, 0.29) is 5.91 Å². The van der Waals surface area contributed by atoms with Gasteiger partial charge in [-0.05, 0) is 35.9 Å². The van der Waals surface area contributed by atoms with E-state index in [0.717, 1.165) is 16.6 Å². The lowest BCUT2D eigenvalue weighted by molar-refractivity contribution is -0.111. The minimum absolute atomic E-state index is 0.264. The van der Waals surface area contributed by atoms with E-state index in [4.69, 9.17) is 4.74 Å². The molecule has 4 aromatic rings. The van der Waals surface area contributed by atoms with Crippen molar-refractivity contribution >= 4 is 39.7 Å². The molecule has 0 aliphatic carbocycles. The number of para-hydroxylation sites is 2. The number of rotatable bonds is 4. The number of methoxy groups -OCH3 is 1. The maximum atomic E-state index is 12.5. The Kier molecular flexibility index (Phi) is 4.49. The van der Waals surface area contributed by atoms with Crippen LogP contribution < -0.4 is 10.1 Å². The third-order valence-electron chi connectivity index (χ3n) is 4.17. The fraction of sp³-hybridized carbons (Fsp3) is 0.0455. The number of carbonyl (C=O) groups is 1. The van der Waals surface area contributed by atoms with Crippen molar-refractivity contribution in [2.24, 2.45) is 0 Å². The molecule has 1 heterocycles. The summed E-state index contributed by atoms with van der Waals surface area (Å²) in [5, 5.41) is 2.89. The molecule has 0 fully saturated rings. The molecule has 27 heavy (non-hydrogen) atoms. The first-order chi connectivity index (χ1) is 13.2. The van der Waals surface area contributed by atoms with E-state index < -0.39 is 0 Å². The zero-order valence-electron chi connectivity index (χ0n) is 14.7. The Morgan fingerprint density at radius 1 is 0.889 bits per heavy atom. The maximum Gasteiger partial charge on any atom is 0.248 e. The number of nitrogens with one attached hydrogen (secondary N) is 1. The van der Waals surface area contributed by atoms with Crippen molar-refractivity contribution in [2.75, 3.05) is 12.4 Å². The Balaban J connectivity index is 1.73. The topological polar surface area (TPSA) is 64.1 Å². The van der Waals surface area contributed by atoms with Gasteiger partial charge in [-0.25, -0.2) is 9.97 Å². The number of ether oxygens (including phenoxy) is 1. The van der Waals surface area contributed by atoms with Crippen LogP contribution in [-0.4, -0.2) is 23.0 Å². The van der Waals surface area contributed by atoms with Crippen molar-refractivity contribution in [1.82, 2.24) is 9.97 Å². The van der Waals surface area contributed by atoms with E-state index in [9.17, 15) is 4.79 Å². The van der Waals surface area contributed by atoms with Gasteiger partial charge in [0.15, 0.2) is 0 Å². The van der Waals surface area contributed by atoms with Crippen molar-refractivity contribution in [3.05, 3.63) is 78.4 Å². The predicted molar refractivity (Wildman–Crippen MR) is 108 cm³/mol. The smallest absolute Gasteiger partial charge is 0.248 e. The van der Waals surface area contributed by atoms with Crippen molar-refractivity contribution in [1.29, 1.82) is 0 Å². The van der Waals surface area contributed by atoms with Crippen LogP contribution >= 0.6 is 0 Å². The summed E-state index contributed by atoms with van der Waals surface area (Å²) >= 11 is 0. The second kappa shape index (κ2) is 7.25. The van der Waals surface area contributed by atoms with E-state index in [2.05, 4.69) is 15.3 Å². The first kappa shape index (κ1) is 16.7. The number of nitrogens with zero attached hydrogens (tertiary/aromatic N) is 2. The van der Waals surface area contributed by atoms with Crippen LogP contribution in [0.2, 0.25) is 0 Å². The molecule has 5 nitrogen and oxygen atoms in total. The van der Waals surface area contributed by atoms with E-state index in [1.165, 1.54) is 6.08 Å². The molecule has 1 N–H and O–H groups in total. The largest absolute Gasteiger partial charge is 0.494 e. The second-order valence-corrected chi connectivity index (χ2v) is 5.96. The van der Waals surface area contributed by atoms with Crippen LogP contribution in [0.4, 0.5) is 5.69 Å². The van der Waals surface area contributed by atoms with Crippen LogP contribution in [0.5, 0.6) is 5.75 Å². The molecule has 3 aromatic carbocycles. The minimum Gasteiger partial charge on any atom is -0.494 e. The number of benzene rings is 3. The number of hydrogen-bond donors (Lipinski definition) is 1.